The van der Waals surface area contributed by atoms with E-state index in [9.17, 15) is 13.2 Å². The van der Waals surface area contributed by atoms with E-state index < -0.39 is 18.4 Å². The Morgan fingerprint density at radius 2 is 1.38 bits per heavy atom. The fraction of sp³-hybridized carbons (Fsp3) is 0.567. The number of rotatable bonds is 12. The molecule has 0 N–H and O–H groups in total. The summed E-state index contributed by atoms with van der Waals surface area (Å²) >= 11 is 0. The molecule has 0 saturated carbocycles. The minimum Gasteiger partial charge on any atom is -0.407 e. The van der Waals surface area contributed by atoms with Crippen LogP contribution in [0.25, 0.3) is 0 Å². The maximum Gasteiger partial charge on any atom is 0.268 e. The van der Waals surface area contributed by atoms with Gasteiger partial charge in [0.05, 0.1) is 12.4 Å². The molecule has 3 rings (SSSR count). The lowest BCUT2D eigenvalue weighted by molar-refractivity contribution is -0.130. The fourth-order valence-corrected chi connectivity index (χ4v) is 10.8. The van der Waals surface area contributed by atoms with Crippen LogP contribution in [0.1, 0.15) is 48.0 Å². The van der Waals surface area contributed by atoms with E-state index in [0.29, 0.717) is 45.8 Å². The van der Waals surface area contributed by atoms with Crippen molar-refractivity contribution in [2.24, 2.45) is 5.41 Å². The topological polar surface area (TPSA) is 76.2 Å². The third kappa shape index (κ3) is 8.47. The molecule has 2 aromatic rings. The van der Waals surface area contributed by atoms with E-state index in [4.69, 9.17) is 8.61 Å². The second kappa shape index (κ2) is 13.1. The third-order valence-electron chi connectivity index (χ3n) is 7.62. The standard InChI is InChI=1S/C30H46N2O5SSi/c1-26(33)32-20-18-31(19-21-32)22-24-38(34,35)36-25-30(5,6)17-23-37-39(29(2,3)4,27-13-9-7-10-14-27)28-15-11-8-12-16-28/h7-16H,17-25H2,1-6H3. The Morgan fingerprint density at radius 1 is 0.872 bits per heavy atom. The third-order valence-corrected chi connectivity index (χ3v) is 13.8. The molecule has 1 fully saturated rings. The number of hydrogen-bond acceptors (Lipinski definition) is 6. The van der Waals surface area contributed by atoms with E-state index >= 15 is 0 Å². The van der Waals surface area contributed by atoms with E-state index in [1.807, 2.05) is 26.0 Å². The zero-order chi connectivity index (χ0) is 28.7. The molecule has 0 atom stereocenters. The number of hydrogen-bond donors (Lipinski definition) is 0. The van der Waals surface area contributed by atoms with Crippen molar-refractivity contribution >= 4 is 34.7 Å². The van der Waals surface area contributed by atoms with Crippen molar-refractivity contribution in [1.29, 1.82) is 0 Å². The van der Waals surface area contributed by atoms with Crippen molar-refractivity contribution in [3.05, 3.63) is 60.7 Å². The summed E-state index contributed by atoms with van der Waals surface area (Å²) in [4.78, 5) is 15.4. The van der Waals surface area contributed by atoms with Crippen molar-refractivity contribution in [2.45, 2.75) is 53.0 Å². The minimum atomic E-state index is -3.66. The van der Waals surface area contributed by atoms with Gasteiger partial charge in [0.25, 0.3) is 18.4 Å². The van der Waals surface area contributed by atoms with Crippen LogP contribution in [0.2, 0.25) is 5.04 Å². The molecule has 9 heteroatoms. The second-order valence-corrected chi connectivity index (χ2v) is 18.4. The van der Waals surface area contributed by atoms with Crippen molar-refractivity contribution in [2.75, 3.05) is 51.7 Å². The van der Waals surface area contributed by atoms with Crippen LogP contribution in [0, 0.1) is 5.41 Å². The van der Waals surface area contributed by atoms with Gasteiger partial charge in [0, 0.05) is 46.3 Å². The molecule has 0 aromatic heterocycles. The largest absolute Gasteiger partial charge is 0.407 e. The van der Waals surface area contributed by atoms with Crippen LogP contribution in [-0.4, -0.2) is 84.1 Å². The molecule has 1 heterocycles. The molecule has 39 heavy (non-hydrogen) atoms. The SMILES string of the molecule is CC(=O)N1CCN(CCS(=O)(=O)OCC(C)(C)CCO[Si](c2ccccc2)(c2ccccc2)C(C)(C)C)CC1. The van der Waals surface area contributed by atoms with Crippen LogP contribution in [-0.2, 0) is 23.5 Å². The lowest BCUT2D eigenvalue weighted by Gasteiger charge is -2.43. The highest BCUT2D eigenvalue weighted by molar-refractivity contribution is 7.86. The van der Waals surface area contributed by atoms with Gasteiger partial charge in [-0.3, -0.25) is 13.9 Å². The van der Waals surface area contributed by atoms with Crippen LogP contribution >= 0.6 is 0 Å². The minimum absolute atomic E-state index is 0.0539. The van der Waals surface area contributed by atoms with Gasteiger partial charge in [-0.1, -0.05) is 95.3 Å². The summed E-state index contributed by atoms with van der Waals surface area (Å²) in [6, 6.07) is 21.0. The summed E-state index contributed by atoms with van der Waals surface area (Å²) < 4.78 is 37.9. The Balaban J connectivity index is 1.60. The molecule has 1 aliphatic rings. The first kappa shape index (κ1) is 31.5. The van der Waals surface area contributed by atoms with E-state index in [0.717, 1.165) is 0 Å². The monoisotopic (exact) mass is 574 g/mol. The van der Waals surface area contributed by atoms with Crippen molar-refractivity contribution in [1.82, 2.24) is 9.80 Å². The quantitative estimate of drug-likeness (QED) is 0.285. The average molecular weight is 575 g/mol. The van der Waals surface area contributed by atoms with Gasteiger partial charge in [0.15, 0.2) is 0 Å². The first-order valence-corrected chi connectivity index (χ1v) is 17.3. The van der Waals surface area contributed by atoms with Crippen LogP contribution in [0.3, 0.4) is 0 Å². The molecule has 7 nitrogen and oxygen atoms in total. The summed E-state index contributed by atoms with van der Waals surface area (Å²) in [7, 11) is -6.30. The number of carbonyl (C=O) groups excluding carboxylic acids is 1. The average Bonchev–Trinajstić information content (AvgIpc) is 2.89. The molecule has 1 saturated heterocycles. The Morgan fingerprint density at radius 3 is 1.85 bits per heavy atom. The Labute approximate surface area is 236 Å². The van der Waals surface area contributed by atoms with Crippen LogP contribution < -0.4 is 10.4 Å². The molecule has 1 amide bonds. The van der Waals surface area contributed by atoms with Gasteiger partial charge in [-0.25, -0.2) is 0 Å². The van der Waals surface area contributed by atoms with Gasteiger partial charge in [0.1, 0.15) is 0 Å². The number of piperazine rings is 1. The fourth-order valence-electron chi connectivity index (χ4n) is 5.15. The highest BCUT2D eigenvalue weighted by Gasteiger charge is 2.50. The molecule has 0 radical (unpaired) electrons. The van der Waals surface area contributed by atoms with E-state index in [1.54, 1.807) is 11.8 Å². The highest BCUT2D eigenvalue weighted by Crippen LogP contribution is 2.37. The number of amides is 1. The Kier molecular flexibility index (Phi) is 10.6. The lowest BCUT2D eigenvalue weighted by Crippen LogP contribution is -2.66. The molecule has 0 bridgehead atoms. The normalized spacial score (nSPS) is 15.9. The number of benzene rings is 2. The summed E-state index contributed by atoms with van der Waals surface area (Å²) in [5, 5.41) is 2.34. The predicted molar refractivity (Wildman–Crippen MR) is 160 cm³/mol. The highest BCUT2D eigenvalue weighted by atomic mass is 32.2. The van der Waals surface area contributed by atoms with Gasteiger partial charge in [-0.15, -0.1) is 0 Å². The van der Waals surface area contributed by atoms with Crippen LogP contribution in [0.15, 0.2) is 60.7 Å². The summed E-state index contributed by atoms with van der Waals surface area (Å²) in [6.45, 7) is 16.0. The van der Waals surface area contributed by atoms with Crippen molar-refractivity contribution in [3.8, 4) is 0 Å². The molecular weight excluding hydrogens is 528 g/mol. The van der Waals surface area contributed by atoms with Crippen LogP contribution in [0.4, 0.5) is 0 Å². The van der Waals surface area contributed by atoms with Crippen molar-refractivity contribution < 1.29 is 21.8 Å². The second-order valence-electron chi connectivity index (χ2n) is 12.3. The maximum atomic E-state index is 12.7. The first-order chi connectivity index (χ1) is 18.3. The predicted octanol–water partition coefficient (Wildman–Crippen LogP) is 3.49. The molecule has 216 valence electrons. The van der Waals surface area contributed by atoms with Gasteiger partial charge >= 0.3 is 0 Å². The van der Waals surface area contributed by atoms with E-state index in [-0.39, 0.29) is 28.7 Å². The number of carbonyl (C=O) groups is 1. The zero-order valence-electron chi connectivity index (χ0n) is 24.5. The molecule has 0 aliphatic carbocycles. The zero-order valence-corrected chi connectivity index (χ0v) is 26.3. The number of nitrogens with zero attached hydrogens (tertiary/aromatic N) is 2. The molecular formula is C30H46N2O5SSi. The van der Waals surface area contributed by atoms with Gasteiger partial charge < -0.3 is 9.33 Å². The summed E-state index contributed by atoms with van der Waals surface area (Å²) in [5.74, 6) is 0.00796. The van der Waals surface area contributed by atoms with Gasteiger partial charge in [-0.2, -0.15) is 8.42 Å². The maximum absolute atomic E-state index is 12.7. The van der Waals surface area contributed by atoms with E-state index in [1.165, 1.54) is 10.4 Å². The van der Waals surface area contributed by atoms with Crippen molar-refractivity contribution in [3.63, 3.8) is 0 Å². The van der Waals surface area contributed by atoms with Gasteiger partial charge in [0.2, 0.25) is 5.91 Å². The molecule has 0 unspecified atom stereocenters. The summed E-state index contributed by atoms with van der Waals surface area (Å²) in [6.07, 6.45) is 0.667. The first-order valence-electron chi connectivity index (χ1n) is 13.9. The lowest BCUT2D eigenvalue weighted by atomic mass is 9.91. The molecule has 0 spiro atoms. The van der Waals surface area contributed by atoms with E-state index in [2.05, 4.69) is 74.2 Å². The Hall–Kier alpha value is -2.04. The van der Waals surface area contributed by atoms with Crippen LogP contribution in [0.5, 0.6) is 0 Å². The smallest absolute Gasteiger partial charge is 0.268 e. The summed E-state index contributed by atoms with van der Waals surface area (Å²) in [5.41, 5.74) is -0.383. The molecule has 1 aliphatic heterocycles. The molecule has 2 aromatic carbocycles. The Bertz CT molecular complexity index is 1120. The van der Waals surface area contributed by atoms with Gasteiger partial charge in [-0.05, 0) is 27.2 Å².